The van der Waals surface area contributed by atoms with Gasteiger partial charge in [-0.1, -0.05) is 53.2 Å². The Morgan fingerprint density at radius 3 is 2.61 bits per heavy atom. The fraction of sp³-hybridized carbons (Fsp3) is 0.217. The topological polar surface area (TPSA) is 72.7 Å². The Balaban J connectivity index is 1.42. The van der Waals surface area contributed by atoms with Gasteiger partial charge in [-0.05, 0) is 54.8 Å². The summed E-state index contributed by atoms with van der Waals surface area (Å²) in [4.78, 5) is 21.2. The number of rotatable bonds is 8. The predicted molar refractivity (Wildman–Crippen MR) is 129 cm³/mol. The van der Waals surface area contributed by atoms with Gasteiger partial charge in [0.1, 0.15) is 11.4 Å². The number of hydrogen-bond acceptors (Lipinski definition) is 5. The lowest BCUT2D eigenvalue weighted by molar-refractivity contribution is -0.113. The van der Waals surface area contributed by atoms with E-state index in [1.54, 1.807) is 10.9 Å². The second-order valence-electron chi connectivity index (χ2n) is 7.09. The van der Waals surface area contributed by atoms with E-state index in [0.29, 0.717) is 5.65 Å². The Labute approximate surface area is 193 Å². The molecule has 0 radical (unpaired) electrons. The number of carbonyl (C=O) groups is 1. The summed E-state index contributed by atoms with van der Waals surface area (Å²) in [5.74, 6) is 0.186. The minimum absolute atomic E-state index is 0.0710. The average Bonchev–Trinajstić information content (AvgIpc) is 3.22. The molecule has 0 bridgehead atoms. The van der Waals surface area contributed by atoms with Gasteiger partial charge in [0, 0.05) is 10.2 Å². The van der Waals surface area contributed by atoms with Crippen LogP contribution < -0.4 is 5.32 Å². The Morgan fingerprint density at radius 1 is 1.10 bits per heavy atom. The summed E-state index contributed by atoms with van der Waals surface area (Å²) in [6.45, 7) is 2.18. The predicted octanol–water partition coefficient (Wildman–Crippen LogP) is 5.65. The monoisotopic (exact) mass is 495 g/mol. The summed E-state index contributed by atoms with van der Waals surface area (Å²) in [5, 5.41) is 8.97. The molecule has 8 heteroatoms. The highest BCUT2D eigenvalue weighted by molar-refractivity contribution is 9.10. The van der Waals surface area contributed by atoms with Gasteiger partial charge in [0.05, 0.1) is 23.0 Å². The molecule has 0 unspecified atom stereocenters. The molecule has 31 heavy (non-hydrogen) atoms. The standard InChI is InChI=1S/C23H22BrN5OS/c1-2-3-4-16-5-9-18(10-6-16)28-21(30)14-31-23-20-13-27-29(22(20)25-15-26-23)19-11-7-17(24)8-12-19/h5-13,15H,2-4,14H2,1H3,(H,28,30). The number of benzene rings is 2. The number of fused-ring (bicyclic) bond motifs is 1. The maximum atomic E-state index is 12.4. The van der Waals surface area contributed by atoms with Crippen molar-refractivity contribution in [3.63, 3.8) is 0 Å². The highest BCUT2D eigenvalue weighted by atomic mass is 79.9. The minimum atomic E-state index is -0.0710. The summed E-state index contributed by atoms with van der Waals surface area (Å²) in [6, 6.07) is 15.9. The van der Waals surface area contributed by atoms with Crippen molar-refractivity contribution in [1.82, 2.24) is 19.7 Å². The number of unbranched alkanes of at least 4 members (excludes halogenated alkanes) is 1. The average molecular weight is 496 g/mol. The van der Waals surface area contributed by atoms with Crippen molar-refractivity contribution in [1.29, 1.82) is 0 Å². The summed E-state index contributed by atoms with van der Waals surface area (Å²) >= 11 is 4.82. The van der Waals surface area contributed by atoms with E-state index in [9.17, 15) is 4.79 Å². The van der Waals surface area contributed by atoms with Gasteiger partial charge >= 0.3 is 0 Å². The first kappa shape index (κ1) is 21.5. The smallest absolute Gasteiger partial charge is 0.234 e. The van der Waals surface area contributed by atoms with Crippen LogP contribution in [0.3, 0.4) is 0 Å². The summed E-state index contributed by atoms with van der Waals surface area (Å²) in [7, 11) is 0. The second kappa shape index (κ2) is 10.1. The van der Waals surface area contributed by atoms with Crippen LogP contribution in [-0.2, 0) is 11.2 Å². The van der Waals surface area contributed by atoms with E-state index >= 15 is 0 Å². The van der Waals surface area contributed by atoms with Crippen molar-refractivity contribution in [2.75, 3.05) is 11.1 Å². The molecule has 0 saturated carbocycles. The molecule has 6 nitrogen and oxygen atoms in total. The van der Waals surface area contributed by atoms with Gasteiger partial charge < -0.3 is 5.32 Å². The van der Waals surface area contributed by atoms with Crippen molar-refractivity contribution in [3.05, 3.63) is 71.1 Å². The molecular weight excluding hydrogens is 474 g/mol. The Kier molecular flexibility index (Phi) is 6.99. The van der Waals surface area contributed by atoms with Gasteiger partial charge in [0.15, 0.2) is 5.65 Å². The molecule has 4 aromatic rings. The number of thioether (sulfide) groups is 1. The Hall–Kier alpha value is -2.71. The molecule has 0 aliphatic carbocycles. The number of amides is 1. The first-order valence-electron chi connectivity index (χ1n) is 10.1. The van der Waals surface area contributed by atoms with Crippen LogP contribution in [0.5, 0.6) is 0 Å². The molecule has 4 rings (SSSR count). The minimum Gasteiger partial charge on any atom is -0.325 e. The molecular formula is C23H22BrN5OS. The molecule has 158 valence electrons. The molecule has 0 aliphatic heterocycles. The van der Waals surface area contributed by atoms with Gasteiger partial charge in [0.2, 0.25) is 5.91 Å². The fourth-order valence-corrected chi connectivity index (χ4v) is 4.20. The first-order valence-corrected chi connectivity index (χ1v) is 11.9. The number of aryl methyl sites for hydroxylation is 1. The summed E-state index contributed by atoms with van der Waals surface area (Å²) in [6.07, 6.45) is 6.67. The maximum Gasteiger partial charge on any atom is 0.234 e. The highest BCUT2D eigenvalue weighted by Crippen LogP contribution is 2.26. The molecule has 2 heterocycles. The quantitative estimate of drug-likeness (QED) is 0.252. The zero-order valence-corrected chi connectivity index (χ0v) is 19.5. The molecule has 0 atom stereocenters. The number of nitrogens with zero attached hydrogens (tertiary/aromatic N) is 4. The molecule has 0 saturated heterocycles. The number of anilines is 1. The van der Waals surface area contributed by atoms with Crippen LogP contribution >= 0.6 is 27.7 Å². The number of nitrogens with one attached hydrogen (secondary N) is 1. The molecule has 0 fully saturated rings. The van der Waals surface area contributed by atoms with Crippen molar-refractivity contribution in [2.45, 2.75) is 31.2 Å². The van der Waals surface area contributed by atoms with Crippen LogP contribution in [0.25, 0.3) is 16.7 Å². The number of halogens is 1. The van der Waals surface area contributed by atoms with Crippen LogP contribution in [0.2, 0.25) is 0 Å². The molecule has 0 aliphatic rings. The second-order valence-corrected chi connectivity index (χ2v) is 8.97. The van der Waals surface area contributed by atoms with Crippen LogP contribution in [0.1, 0.15) is 25.3 Å². The van der Waals surface area contributed by atoms with Gasteiger partial charge in [0.25, 0.3) is 0 Å². The van der Waals surface area contributed by atoms with Crippen LogP contribution in [-0.4, -0.2) is 31.4 Å². The SMILES string of the molecule is CCCCc1ccc(NC(=O)CSc2ncnc3c2cnn3-c2ccc(Br)cc2)cc1. The van der Waals surface area contributed by atoms with Gasteiger partial charge in [-0.2, -0.15) is 5.10 Å². The van der Waals surface area contributed by atoms with Crippen molar-refractivity contribution >= 4 is 50.3 Å². The lowest BCUT2D eigenvalue weighted by Gasteiger charge is -2.07. The first-order chi connectivity index (χ1) is 15.1. The van der Waals surface area contributed by atoms with Crippen molar-refractivity contribution < 1.29 is 4.79 Å². The lowest BCUT2D eigenvalue weighted by atomic mass is 10.1. The third kappa shape index (κ3) is 5.32. The lowest BCUT2D eigenvalue weighted by Crippen LogP contribution is -2.14. The van der Waals surface area contributed by atoms with E-state index in [1.807, 2.05) is 36.4 Å². The van der Waals surface area contributed by atoms with Crippen LogP contribution in [0, 0.1) is 0 Å². The normalized spacial score (nSPS) is 11.0. The van der Waals surface area contributed by atoms with E-state index in [4.69, 9.17) is 0 Å². The zero-order valence-electron chi connectivity index (χ0n) is 17.1. The van der Waals surface area contributed by atoms with Gasteiger partial charge in [-0.3, -0.25) is 4.79 Å². The van der Waals surface area contributed by atoms with Crippen LogP contribution in [0.15, 0.2) is 70.6 Å². The zero-order chi connectivity index (χ0) is 21.6. The maximum absolute atomic E-state index is 12.4. The molecule has 1 amide bonds. The van der Waals surface area contributed by atoms with E-state index in [1.165, 1.54) is 36.5 Å². The largest absolute Gasteiger partial charge is 0.325 e. The van der Waals surface area contributed by atoms with Crippen molar-refractivity contribution in [3.8, 4) is 5.69 Å². The summed E-state index contributed by atoms with van der Waals surface area (Å²) in [5.41, 5.74) is 3.72. The molecule has 1 N–H and O–H groups in total. The molecule has 2 aromatic heterocycles. The van der Waals surface area contributed by atoms with E-state index in [-0.39, 0.29) is 11.7 Å². The number of carbonyl (C=O) groups excluding carboxylic acids is 1. The Bertz CT molecular complexity index is 1180. The van der Waals surface area contributed by atoms with Gasteiger partial charge in [-0.15, -0.1) is 0 Å². The number of aromatic nitrogens is 4. The van der Waals surface area contributed by atoms with E-state index in [2.05, 4.69) is 55.4 Å². The molecule has 0 spiro atoms. The third-order valence-corrected chi connectivity index (χ3v) is 6.33. The molecule has 2 aromatic carbocycles. The number of hydrogen-bond donors (Lipinski definition) is 1. The van der Waals surface area contributed by atoms with Crippen molar-refractivity contribution in [2.24, 2.45) is 0 Å². The summed E-state index contributed by atoms with van der Waals surface area (Å²) < 4.78 is 2.77. The fourth-order valence-electron chi connectivity index (χ4n) is 3.18. The van der Waals surface area contributed by atoms with E-state index < -0.39 is 0 Å². The third-order valence-electron chi connectivity index (χ3n) is 4.80. The van der Waals surface area contributed by atoms with Crippen LogP contribution in [0.4, 0.5) is 5.69 Å². The van der Waals surface area contributed by atoms with E-state index in [0.717, 1.165) is 32.7 Å². The Morgan fingerprint density at radius 2 is 1.87 bits per heavy atom. The highest BCUT2D eigenvalue weighted by Gasteiger charge is 2.13. The van der Waals surface area contributed by atoms with Gasteiger partial charge in [-0.25, -0.2) is 14.6 Å².